The van der Waals surface area contributed by atoms with Gasteiger partial charge < -0.3 is 15.4 Å². The molecular formula is C22H21ClN6OS. The van der Waals surface area contributed by atoms with E-state index >= 15 is 0 Å². The fraction of sp³-hybridized carbons (Fsp3) is 0.227. The van der Waals surface area contributed by atoms with Gasteiger partial charge in [-0.2, -0.15) is 16.7 Å². The van der Waals surface area contributed by atoms with Gasteiger partial charge >= 0.3 is 0 Å². The van der Waals surface area contributed by atoms with E-state index in [4.69, 9.17) is 37.1 Å². The van der Waals surface area contributed by atoms with Crippen LogP contribution in [0.2, 0.25) is 5.02 Å². The quantitative estimate of drug-likeness (QED) is 0.494. The van der Waals surface area contributed by atoms with Crippen molar-refractivity contribution in [1.29, 1.82) is 0 Å². The Labute approximate surface area is 189 Å². The molecule has 1 fully saturated rings. The average molecular weight is 453 g/mol. The molecule has 1 saturated heterocycles. The number of benzene rings is 2. The highest BCUT2D eigenvalue weighted by atomic mass is 35.5. The van der Waals surface area contributed by atoms with Crippen molar-refractivity contribution in [3.63, 3.8) is 0 Å². The third kappa shape index (κ3) is 3.77. The second-order valence-corrected chi connectivity index (χ2v) is 8.84. The van der Waals surface area contributed by atoms with Crippen LogP contribution in [0.15, 0.2) is 48.5 Å². The highest BCUT2D eigenvalue weighted by Crippen LogP contribution is 2.34. The van der Waals surface area contributed by atoms with Gasteiger partial charge in [0.15, 0.2) is 5.65 Å². The summed E-state index contributed by atoms with van der Waals surface area (Å²) in [5, 5.41) is 6.09. The Morgan fingerprint density at radius 2 is 1.84 bits per heavy atom. The van der Waals surface area contributed by atoms with Crippen molar-refractivity contribution >= 4 is 46.2 Å². The Balaban J connectivity index is 1.72. The molecule has 158 valence electrons. The van der Waals surface area contributed by atoms with E-state index < -0.39 is 0 Å². The highest BCUT2D eigenvalue weighted by Gasteiger charge is 2.22. The monoisotopic (exact) mass is 452 g/mol. The van der Waals surface area contributed by atoms with Crippen molar-refractivity contribution in [2.45, 2.75) is 0 Å². The Hall–Kier alpha value is -2.97. The topological polar surface area (TPSA) is 82.1 Å². The van der Waals surface area contributed by atoms with Crippen LogP contribution in [0, 0.1) is 0 Å². The minimum absolute atomic E-state index is 0.482. The number of hydrogen-bond donors (Lipinski definition) is 1. The highest BCUT2D eigenvalue weighted by molar-refractivity contribution is 7.99. The number of aromatic nitrogens is 4. The van der Waals surface area contributed by atoms with Crippen molar-refractivity contribution < 1.29 is 4.74 Å². The van der Waals surface area contributed by atoms with Gasteiger partial charge in [0, 0.05) is 35.2 Å². The van der Waals surface area contributed by atoms with E-state index in [9.17, 15) is 0 Å². The van der Waals surface area contributed by atoms with Crippen molar-refractivity contribution in [2.24, 2.45) is 0 Å². The molecule has 0 spiro atoms. The summed E-state index contributed by atoms with van der Waals surface area (Å²) in [5.41, 5.74) is 9.59. The summed E-state index contributed by atoms with van der Waals surface area (Å²) < 4.78 is 6.96. The molecule has 3 heterocycles. The summed E-state index contributed by atoms with van der Waals surface area (Å²) in [7, 11) is 1.64. The molecule has 1 aliphatic heterocycles. The summed E-state index contributed by atoms with van der Waals surface area (Å²) >= 11 is 8.22. The van der Waals surface area contributed by atoms with Crippen molar-refractivity contribution in [1.82, 2.24) is 19.7 Å². The molecule has 0 saturated carbocycles. The van der Waals surface area contributed by atoms with Gasteiger partial charge in [-0.3, -0.25) is 0 Å². The maximum absolute atomic E-state index is 6.59. The number of thioether (sulfide) groups is 1. The van der Waals surface area contributed by atoms with E-state index in [0.717, 1.165) is 47.3 Å². The molecule has 0 atom stereocenters. The van der Waals surface area contributed by atoms with E-state index in [2.05, 4.69) is 4.90 Å². The van der Waals surface area contributed by atoms with Crippen molar-refractivity contribution in [3.8, 4) is 22.7 Å². The van der Waals surface area contributed by atoms with Gasteiger partial charge in [0.1, 0.15) is 11.6 Å². The molecule has 0 aliphatic carbocycles. The molecule has 5 rings (SSSR count). The minimum Gasteiger partial charge on any atom is -0.497 e. The second kappa shape index (κ2) is 8.28. The number of hydrogen-bond acceptors (Lipinski definition) is 7. The third-order valence-corrected chi connectivity index (χ3v) is 6.44. The fourth-order valence-corrected chi connectivity index (χ4v) is 4.76. The Morgan fingerprint density at radius 1 is 1.06 bits per heavy atom. The number of methoxy groups -OCH3 is 1. The van der Waals surface area contributed by atoms with Crippen LogP contribution in [0.5, 0.6) is 5.75 Å². The number of anilines is 2. The van der Waals surface area contributed by atoms with E-state index in [1.165, 1.54) is 0 Å². The lowest BCUT2D eigenvalue weighted by Gasteiger charge is -2.26. The molecule has 2 aromatic carbocycles. The van der Waals surface area contributed by atoms with Gasteiger partial charge in [0.25, 0.3) is 0 Å². The first-order valence-corrected chi connectivity index (χ1v) is 11.5. The van der Waals surface area contributed by atoms with Crippen LogP contribution in [0.25, 0.3) is 28.0 Å². The lowest BCUT2D eigenvalue weighted by atomic mass is 10.1. The van der Waals surface area contributed by atoms with E-state index in [0.29, 0.717) is 27.8 Å². The van der Waals surface area contributed by atoms with Crippen LogP contribution < -0.4 is 15.4 Å². The molecule has 0 unspecified atom stereocenters. The average Bonchev–Trinajstić information content (AvgIpc) is 3.15. The maximum Gasteiger partial charge on any atom is 0.228 e. The number of rotatable bonds is 4. The van der Waals surface area contributed by atoms with Crippen LogP contribution in [0.3, 0.4) is 0 Å². The molecule has 9 heteroatoms. The van der Waals surface area contributed by atoms with Gasteiger partial charge in [-0.15, -0.1) is 5.10 Å². The largest absolute Gasteiger partial charge is 0.497 e. The molecular weight excluding hydrogens is 432 g/mol. The Bertz CT molecular complexity index is 1240. The number of nitrogens with two attached hydrogens (primary N) is 1. The minimum atomic E-state index is 0.482. The van der Waals surface area contributed by atoms with Gasteiger partial charge in [-0.05, 0) is 36.4 Å². The SMILES string of the molecule is COc1ccc(-n2nc3nc(N4CCSCC4)nc(-c4cccc(Cl)c4)c3c2N)cc1. The summed E-state index contributed by atoms with van der Waals surface area (Å²) in [4.78, 5) is 11.9. The third-order valence-electron chi connectivity index (χ3n) is 5.27. The zero-order chi connectivity index (χ0) is 21.4. The number of halogens is 1. The maximum atomic E-state index is 6.59. The lowest BCUT2D eigenvalue weighted by molar-refractivity contribution is 0.414. The summed E-state index contributed by atoms with van der Waals surface area (Å²) in [5.74, 6) is 4.02. The van der Waals surface area contributed by atoms with E-state index in [1.807, 2.05) is 60.3 Å². The van der Waals surface area contributed by atoms with Gasteiger partial charge in [-0.1, -0.05) is 23.7 Å². The first-order chi connectivity index (χ1) is 15.1. The Morgan fingerprint density at radius 3 is 2.55 bits per heavy atom. The molecule has 2 aromatic heterocycles. The predicted molar refractivity (Wildman–Crippen MR) is 128 cm³/mol. The zero-order valence-corrected chi connectivity index (χ0v) is 18.5. The standard InChI is InChI=1S/C22H21ClN6OS/c1-30-17-7-5-16(6-8-17)29-20(24)18-19(14-3-2-4-15(23)13-14)25-22(26-21(18)27-29)28-9-11-31-12-10-28/h2-8,13H,9-12,24H2,1H3. The number of nitrogen functional groups attached to an aromatic ring is 1. The lowest BCUT2D eigenvalue weighted by Crippen LogP contribution is -2.33. The fourth-order valence-electron chi connectivity index (χ4n) is 3.67. The van der Waals surface area contributed by atoms with Crippen molar-refractivity contribution in [2.75, 3.05) is 42.3 Å². The molecule has 7 nitrogen and oxygen atoms in total. The number of nitrogens with zero attached hydrogens (tertiary/aromatic N) is 5. The summed E-state index contributed by atoms with van der Waals surface area (Å²) in [6, 6.07) is 15.2. The first kappa shape index (κ1) is 20.0. The van der Waals surface area contributed by atoms with Gasteiger partial charge in [-0.25, -0.2) is 9.67 Å². The smallest absolute Gasteiger partial charge is 0.228 e. The first-order valence-electron chi connectivity index (χ1n) is 9.93. The predicted octanol–water partition coefficient (Wildman–Crippen LogP) is 4.28. The molecule has 1 aliphatic rings. The van der Waals surface area contributed by atoms with Crippen LogP contribution in [0.4, 0.5) is 11.8 Å². The molecule has 2 N–H and O–H groups in total. The zero-order valence-electron chi connectivity index (χ0n) is 17.0. The molecule has 0 radical (unpaired) electrons. The van der Waals surface area contributed by atoms with Crippen LogP contribution in [-0.2, 0) is 0 Å². The van der Waals surface area contributed by atoms with E-state index in [1.54, 1.807) is 11.8 Å². The molecule has 4 aromatic rings. The second-order valence-electron chi connectivity index (χ2n) is 7.18. The molecule has 0 bridgehead atoms. The van der Waals surface area contributed by atoms with Crippen molar-refractivity contribution in [3.05, 3.63) is 53.6 Å². The van der Waals surface area contributed by atoms with Gasteiger partial charge in [0.2, 0.25) is 5.95 Å². The Kier molecular flexibility index (Phi) is 5.33. The molecule has 31 heavy (non-hydrogen) atoms. The molecule has 0 amide bonds. The van der Waals surface area contributed by atoms with Crippen LogP contribution in [0.1, 0.15) is 0 Å². The summed E-state index contributed by atoms with van der Waals surface area (Å²) in [6.07, 6.45) is 0. The summed E-state index contributed by atoms with van der Waals surface area (Å²) in [6.45, 7) is 1.81. The van der Waals surface area contributed by atoms with Gasteiger partial charge in [0.05, 0.1) is 23.9 Å². The van der Waals surface area contributed by atoms with Crippen LogP contribution >= 0.6 is 23.4 Å². The van der Waals surface area contributed by atoms with E-state index in [-0.39, 0.29) is 0 Å². The van der Waals surface area contributed by atoms with Crippen LogP contribution in [-0.4, -0.2) is 51.5 Å². The normalized spacial score (nSPS) is 14.2. The number of fused-ring (bicyclic) bond motifs is 1. The number of ether oxygens (including phenoxy) is 1.